The van der Waals surface area contributed by atoms with E-state index in [1.165, 1.54) is 45.2 Å². The largest absolute Gasteiger partial charge is 0.496 e. The first-order chi connectivity index (χ1) is 16.7. The number of nitrogens with one attached hydrogen (secondary N) is 1. The lowest BCUT2D eigenvalue weighted by molar-refractivity contribution is -0.112. The summed E-state index contributed by atoms with van der Waals surface area (Å²) in [6.45, 7) is 0. The lowest BCUT2D eigenvalue weighted by Crippen LogP contribution is -2.18. The van der Waals surface area contributed by atoms with Gasteiger partial charge < -0.3 is 25.3 Å². The van der Waals surface area contributed by atoms with E-state index in [0.717, 1.165) is 10.5 Å². The molecule has 0 unspecified atom stereocenters. The number of hydrogen-bond donors (Lipinski definition) is 2. The van der Waals surface area contributed by atoms with E-state index >= 15 is 0 Å². The minimum Gasteiger partial charge on any atom is -0.496 e. The van der Waals surface area contributed by atoms with E-state index in [9.17, 15) is 13.2 Å². The highest BCUT2D eigenvalue weighted by atomic mass is 32.2. The molecule has 0 radical (unpaired) electrons. The van der Waals surface area contributed by atoms with Crippen LogP contribution >= 0.6 is 11.8 Å². The zero-order valence-corrected chi connectivity index (χ0v) is 21.0. The fourth-order valence-corrected chi connectivity index (χ4v) is 6.01. The third-order valence-corrected chi connectivity index (χ3v) is 8.16. The maximum atomic E-state index is 13.2. The summed E-state index contributed by atoms with van der Waals surface area (Å²) in [5.74, 6) is 0.743. The quantitative estimate of drug-likeness (QED) is 0.354. The van der Waals surface area contributed by atoms with E-state index in [0.29, 0.717) is 39.1 Å². The van der Waals surface area contributed by atoms with Crippen molar-refractivity contribution in [1.29, 1.82) is 0 Å². The van der Waals surface area contributed by atoms with E-state index in [-0.39, 0.29) is 16.6 Å². The highest BCUT2D eigenvalue weighted by Crippen LogP contribution is 2.41. The SMILES string of the molecule is COc1ccc(C=C2Sc3ccc(S(=O)(=O)Cc4c(OC)cccc4OC)cc3NC2=O)cc1N. The van der Waals surface area contributed by atoms with Gasteiger partial charge in [0.05, 0.1) is 53.8 Å². The molecule has 0 bridgehead atoms. The minimum atomic E-state index is -3.76. The molecule has 0 fully saturated rings. The molecule has 0 saturated heterocycles. The van der Waals surface area contributed by atoms with Crippen molar-refractivity contribution in [1.82, 2.24) is 0 Å². The van der Waals surface area contributed by atoms with Crippen molar-refractivity contribution in [2.45, 2.75) is 15.5 Å². The molecule has 1 aliphatic heterocycles. The van der Waals surface area contributed by atoms with Gasteiger partial charge in [0.1, 0.15) is 17.2 Å². The first-order valence-corrected chi connectivity index (χ1v) is 12.9. The van der Waals surface area contributed by atoms with Gasteiger partial charge in [0, 0.05) is 4.90 Å². The van der Waals surface area contributed by atoms with Crippen molar-refractivity contribution < 1.29 is 27.4 Å². The van der Waals surface area contributed by atoms with Gasteiger partial charge in [0.25, 0.3) is 5.91 Å². The molecule has 3 aromatic rings. The van der Waals surface area contributed by atoms with Crippen molar-refractivity contribution in [3.05, 3.63) is 70.6 Å². The Labute approximate surface area is 208 Å². The predicted molar refractivity (Wildman–Crippen MR) is 137 cm³/mol. The highest BCUT2D eigenvalue weighted by Gasteiger charge is 2.26. The Morgan fingerprint density at radius 1 is 0.943 bits per heavy atom. The van der Waals surface area contributed by atoms with Crippen LogP contribution in [0.2, 0.25) is 0 Å². The van der Waals surface area contributed by atoms with E-state index < -0.39 is 9.84 Å². The summed E-state index contributed by atoms with van der Waals surface area (Å²) >= 11 is 1.25. The van der Waals surface area contributed by atoms with Crippen LogP contribution in [0.15, 0.2) is 69.3 Å². The number of benzene rings is 3. The van der Waals surface area contributed by atoms with Crippen LogP contribution in [-0.4, -0.2) is 35.7 Å². The van der Waals surface area contributed by atoms with E-state index in [2.05, 4.69) is 5.32 Å². The van der Waals surface area contributed by atoms with Crippen molar-refractivity contribution >= 4 is 45.0 Å². The molecule has 0 atom stereocenters. The summed E-state index contributed by atoms with van der Waals surface area (Å²) in [6.07, 6.45) is 1.72. The number of thioether (sulfide) groups is 1. The normalized spacial score (nSPS) is 14.3. The van der Waals surface area contributed by atoms with Crippen LogP contribution < -0.4 is 25.3 Å². The summed E-state index contributed by atoms with van der Waals surface area (Å²) < 4.78 is 42.3. The molecular weight excluding hydrogens is 488 g/mol. The third kappa shape index (κ3) is 5.08. The second-order valence-corrected chi connectivity index (χ2v) is 10.7. The third-order valence-electron chi connectivity index (χ3n) is 5.42. The number of amides is 1. The van der Waals surface area contributed by atoms with Crippen molar-refractivity contribution in [2.75, 3.05) is 32.4 Å². The van der Waals surface area contributed by atoms with Gasteiger partial charge >= 0.3 is 0 Å². The molecule has 1 amide bonds. The van der Waals surface area contributed by atoms with Crippen LogP contribution in [0.25, 0.3) is 6.08 Å². The van der Waals surface area contributed by atoms with Gasteiger partial charge in [0.15, 0.2) is 9.84 Å². The van der Waals surface area contributed by atoms with Gasteiger partial charge in [-0.2, -0.15) is 0 Å². The van der Waals surface area contributed by atoms with Crippen molar-refractivity contribution in [3.8, 4) is 17.2 Å². The van der Waals surface area contributed by atoms with Crippen molar-refractivity contribution in [2.24, 2.45) is 0 Å². The number of carbonyl (C=O) groups excluding carboxylic acids is 1. The van der Waals surface area contributed by atoms with Gasteiger partial charge in [-0.1, -0.05) is 23.9 Å². The number of hydrogen-bond acceptors (Lipinski definition) is 8. The van der Waals surface area contributed by atoms with Gasteiger partial charge in [-0.25, -0.2) is 8.42 Å². The van der Waals surface area contributed by atoms with Crippen LogP contribution in [-0.2, 0) is 20.4 Å². The molecule has 1 heterocycles. The second-order valence-electron chi connectivity index (χ2n) is 7.62. The van der Waals surface area contributed by atoms with E-state index in [4.69, 9.17) is 19.9 Å². The number of methoxy groups -OCH3 is 3. The lowest BCUT2D eigenvalue weighted by atomic mass is 10.1. The Hall–Kier alpha value is -3.63. The molecule has 4 rings (SSSR count). The van der Waals surface area contributed by atoms with Crippen LogP contribution in [0.3, 0.4) is 0 Å². The van der Waals surface area contributed by atoms with Gasteiger partial charge in [0.2, 0.25) is 0 Å². The summed E-state index contributed by atoms with van der Waals surface area (Å²) in [5, 5.41) is 2.79. The van der Waals surface area contributed by atoms with Gasteiger partial charge in [-0.05, 0) is 54.1 Å². The van der Waals surface area contributed by atoms with Crippen LogP contribution in [0.5, 0.6) is 17.2 Å². The number of rotatable bonds is 7. The molecule has 182 valence electrons. The van der Waals surface area contributed by atoms with Gasteiger partial charge in [-0.3, -0.25) is 4.79 Å². The lowest BCUT2D eigenvalue weighted by Gasteiger charge is -2.20. The molecule has 0 spiro atoms. The topological polar surface area (TPSA) is 117 Å². The van der Waals surface area contributed by atoms with Crippen LogP contribution in [0.1, 0.15) is 11.1 Å². The average molecular weight is 513 g/mol. The number of fused-ring (bicyclic) bond motifs is 1. The van der Waals surface area contributed by atoms with E-state index in [1.807, 2.05) is 0 Å². The number of nitrogens with two attached hydrogens (primary N) is 1. The monoisotopic (exact) mass is 512 g/mol. The number of carbonyl (C=O) groups is 1. The molecule has 0 aliphatic carbocycles. The minimum absolute atomic E-state index is 0.0838. The number of nitrogen functional groups attached to an aromatic ring is 1. The Balaban J connectivity index is 1.62. The number of sulfone groups is 1. The Kier molecular flexibility index (Phi) is 6.95. The smallest absolute Gasteiger partial charge is 0.262 e. The summed E-state index contributed by atoms with van der Waals surface area (Å²) in [7, 11) is 0.719. The fraction of sp³-hybridized carbons (Fsp3) is 0.160. The van der Waals surface area contributed by atoms with Crippen LogP contribution in [0, 0.1) is 0 Å². The summed E-state index contributed by atoms with van der Waals surface area (Å²) in [6, 6.07) is 15.0. The molecule has 8 nitrogen and oxygen atoms in total. The first-order valence-electron chi connectivity index (χ1n) is 10.5. The number of ether oxygens (including phenoxy) is 3. The van der Waals surface area contributed by atoms with Crippen LogP contribution in [0.4, 0.5) is 11.4 Å². The standard InChI is InChI=1S/C25H24N2O6S2/c1-31-20-5-4-6-21(32-2)17(20)14-35(29,30)16-8-10-23-19(13-16)27-25(28)24(34-23)12-15-7-9-22(33-3)18(26)11-15/h4-13H,14,26H2,1-3H3,(H,27,28). The van der Waals surface area contributed by atoms with Crippen molar-refractivity contribution in [3.63, 3.8) is 0 Å². The maximum absolute atomic E-state index is 13.2. The van der Waals surface area contributed by atoms with E-state index in [1.54, 1.807) is 48.5 Å². The Morgan fingerprint density at radius 2 is 1.63 bits per heavy atom. The molecule has 1 aliphatic rings. The zero-order valence-electron chi connectivity index (χ0n) is 19.3. The molecule has 35 heavy (non-hydrogen) atoms. The molecule has 3 N–H and O–H groups in total. The summed E-state index contributed by atoms with van der Waals surface area (Å²) in [4.78, 5) is 14.0. The zero-order chi connectivity index (χ0) is 25.2. The maximum Gasteiger partial charge on any atom is 0.262 e. The molecule has 3 aromatic carbocycles. The Bertz CT molecular complexity index is 1410. The average Bonchev–Trinajstić information content (AvgIpc) is 2.84. The first kappa shape index (κ1) is 24.5. The summed E-state index contributed by atoms with van der Waals surface area (Å²) in [5.41, 5.74) is 8.03. The highest BCUT2D eigenvalue weighted by molar-refractivity contribution is 8.04. The molecule has 0 saturated carbocycles. The molecule has 0 aromatic heterocycles. The number of anilines is 2. The molecular formula is C25H24N2O6S2. The second kappa shape index (κ2) is 9.93. The fourth-order valence-electron chi connectivity index (χ4n) is 3.67. The van der Waals surface area contributed by atoms with Gasteiger partial charge in [-0.15, -0.1) is 0 Å². The predicted octanol–water partition coefficient (Wildman–Crippen LogP) is 4.35. The molecule has 10 heteroatoms. The Morgan fingerprint density at radius 3 is 2.26 bits per heavy atom.